The SMILES string of the molecule is Oc1ccc(-c2ccc3ccc4ccc(-c5cccc(-c6ccc7ccc8ccc(-c9ccccc9)nc8c7n6)c5)nc4c3n2)cc1. The van der Waals surface area contributed by atoms with E-state index in [0.717, 1.165) is 88.6 Å². The van der Waals surface area contributed by atoms with Crippen molar-refractivity contribution in [1.82, 2.24) is 19.9 Å². The first-order chi connectivity index (χ1) is 23.2. The summed E-state index contributed by atoms with van der Waals surface area (Å²) in [4.78, 5) is 20.4. The number of pyridine rings is 4. The third-order valence-electron chi connectivity index (χ3n) is 8.73. The number of nitrogens with zero attached hydrogens (tertiary/aromatic N) is 4. The van der Waals surface area contributed by atoms with E-state index in [4.69, 9.17) is 19.9 Å². The lowest BCUT2D eigenvalue weighted by atomic mass is 10.0. The maximum absolute atomic E-state index is 9.75. The van der Waals surface area contributed by atoms with Gasteiger partial charge in [0.15, 0.2) is 0 Å². The molecular weight excluding hydrogens is 576 g/mol. The fourth-order valence-electron chi connectivity index (χ4n) is 6.26. The van der Waals surface area contributed by atoms with Crippen LogP contribution in [0.2, 0.25) is 0 Å². The predicted octanol–water partition coefficient (Wildman–Crippen LogP) is 10.3. The van der Waals surface area contributed by atoms with Crippen LogP contribution in [0, 0.1) is 0 Å². The number of aromatic hydroxyl groups is 1. The summed E-state index contributed by atoms with van der Waals surface area (Å²) >= 11 is 0. The van der Waals surface area contributed by atoms with E-state index in [0.29, 0.717) is 0 Å². The minimum atomic E-state index is 0.231. The summed E-state index contributed by atoms with van der Waals surface area (Å²) in [5.74, 6) is 0.231. The Labute approximate surface area is 270 Å². The standard InChI is InChI=1S/C42H26N4O/c47-34-19-13-27(14-20-34)36-22-16-29-10-12-31-18-24-38(46-42(31)40(29)44-36)33-8-4-7-32(25-33)37-23-17-30-11-9-28-15-21-35(26-5-2-1-3-6-26)43-39(28)41(30)45-37/h1-25,47H. The van der Waals surface area contributed by atoms with Crippen molar-refractivity contribution in [3.8, 4) is 50.8 Å². The van der Waals surface area contributed by atoms with Crippen LogP contribution in [0.3, 0.4) is 0 Å². The molecule has 5 nitrogen and oxygen atoms in total. The normalized spacial score (nSPS) is 11.5. The molecule has 4 aromatic heterocycles. The molecule has 9 aromatic rings. The molecule has 1 N–H and O–H groups in total. The lowest BCUT2D eigenvalue weighted by molar-refractivity contribution is 0.475. The first-order valence-electron chi connectivity index (χ1n) is 15.5. The van der Waals surface area contributed by atoms with Crippen molar-refractivity contribution in [1.29, 1.82) is 0 Å². The molecule has 0 amide bonds. The molecule has 5 heteroatoms. The van der Waals surface area contributed by atoms with E-state index in [9.17, 15) is 5.11 Å². The van der Waals surface area contributed by atoms with Gasteiger partial charge in [-0.15, -0.1) is 0 Å². The van der Waals surface area contributed by atoms with Gasteiger partial charge in [-0.2, -0.15) is 0 Å². The van der Waals surface area contributed by atoms with Crippen LogP contribution in [0.25, 0.3) is 88.6 Å². The summed E-state index contributed by atoms with van der Waals surface area (Å²) < 4.78 is 0. The summed E-state index contributed by atoms with van der Waals surface area (Å²) in [6.45, 7) is 0. The Bertz CT molecular complexity index is 2630. The zero-order chi connectivity index (χ0) is 31.3. The minimum absolute atomic E-state index is 0.231. The summed E-state index contributed by atoms with van der Waals surface area (Å²) in [5, 5.41) is 13.9. The molecule has 220 valence electrons. The molecule has 9 rings (SSSR count). The van der Waals surface area contributed by atoms with E-state index in [2.05, 4.69) is 103 Å². The van der Waals surface area contributed by atoms with Crippen LogP contribution in [0.4, 0.5) is 0 Å². The quantitative estimate of drug-likeness (QED) is 0.203. The molecule has 0 aliphatic rings. The molecule has 0 aliphatic carbocycles. The third-order valence-corrected chi connectivity index (χ3v) is 8.73. The number of hydrogen-bond acceptors (Lipinski definition) is 5. The Balaban J connectivity index is 1.14. The van der Waals surface area contributed by atoms with Crippen LogP contribution < -0.4 is 0 Å². The molecule has 0 atom stereocenters. The van der Waals surface area contributed by atoms with Crippen molar-refractivity contribution in [2.45, 2.75) is 0 Å². The molecule has 0 aliphatic heterocycles. The summed E-state index contributed by atoms with van der Waals surface area (Å²) in [6, 6.07) is 50.8. The molecule has 0 spiro atoms. The van der Waals surface area contributed by atoms with Gasteiger partial charge in [0.25, 0.3) is 0 Å². The number of hydrogen-bond donors (Lipinski definition) is 1. The molecule has 0 saturated carbocycles. The maximum Gasteiger partial charge on any atom is 0.115 e. The van der Waals surface area contributed by atoms with Crippen LogP contribution in [0.15, 0.2) is 152 Å². The van der Waals surface area contributed by atoms with Crippen LogP contribution in [0.5, 0.6) is 5.75 Å². The fraction of sp³-hybridized carbons (Fsp3) is 0. The highest BCUT2D eigenvalue weighted by Gasteiger charge is 2.12. The lowest BCUT2D eigenvalue weighted by Crippen LogP contribution is -1.92. The second-order valence-corrected chi connectivity index (χ2v) is 11.7. The van der Waals surface area contributed by atoms with Gasteiger partial charge in [0, 0.05) is 43.8 Å². The van der Waals surface area contributed by atoms with Crippen molar-refractivity contribution in [2.24, 2.45) is 0 Å². The number of phenolic OH excluding ortho intramolecular Hbond substituents is 1. The van der Waals surface area contributed by atoms with Crippen molar-refractivity contribution in [3.05, 3.63) is 152 Å². The van der Waals surface area contributed by atoms with Crippen molar-refractivity contribution in [3.63, 3.8) is 0 Å². The molecule has 47 heavy (non-hydrogen) atoms. The number of benzene rings is 5. The first kappa shape index (κ1) is 26.9. The van der Waals surface area contributed by atoms with E-state index in [1.54, 1.807) is 12.1 Å². The molecule has 0 unspecified atom stereocenters. The number of phenols is 1. The second kappa shape index (κ2) is 10.9. The Hall–Kier alpha value is -6.46. The molecule has 0 radical (unpaired) electrons. The second-order valence-electron chi connectivity index (χ2n) is 11.7. The predicted molar refractivity (Wildman–Crippen MR) is 191 cm³/mol. The molecule has 0 saturated heterocycles. The molecule has 4 heterocycles. The Morgan fingerprint density at radius 3 is 1.06 bits per heavy atom. The van der Waals surface area contributed by atoms with Crippen molar-refractivity contribution >= 4 is 43.6 Å². The van der Waals surface area contributed by atoms with Crippen molar-refractivity contribution in [2.75, 3.05) is 0 Å². The van der Waals surface area contributed by atoms with Gasteiger partial charge in [0.05, 0.1) is 44.8 Å². The van der Waals surface area contributed by atoms with Gasteiger partial charge in [0.2, 0.25) is 0 Å². The zero-order valence-electron chi connectivity index (χ0n) is 25.2. The maximum atomic E-state index is 9.75. The van der Waals surface area contributed by atoms with E-state index in [1.165, 1.54) is 0 Å². The van der Waals surface area contributed by atoms with Crippen LogP contribution >= 0.6 is 0 Å². The highest BCUT2D eigenvalue weighted by Crippen LogP contribution is 2.32. The summed E-state index contributed by atoms with van der Waals surface area (Å²) in [6.07, 6.45) is 0. The molecular formula is C42H26N4O. The van der Waals surface area contributed by atoms with E-state index < -0.39 is 0 Å². The summed E-state index contributed by atoms with van der Waals surface area (Å²) in [5.41, 5.74) is 11.0. The van der Waals surface area contributed by atoms with E-state index in [-0.39, 0.29) is 5.75 Å². The highest BCUT2D eigenvalue weighted by molar-refractivity contribution is 6.05. The zero-order valence-corrected chi connectivity index (χ0v) is 25.2. The highest BCUT2D eigenvalue weighted by atomic mass is 16.3. The molecule has 0 fully saturated rings. The van der Waals surface area contributed by atoms with Gasteiger partial charge in [0.1, 0.15) is 5.75 Å². The van der Waals surface area contributed by atoms with Gasteiger partial charge < -0.3 is 5.11 Å². The van der Waals surface area contributed by atoms with Gasteiger partial charge in [-0.25, -0.2) is 19.9 Å². The number of fused-ring (bicyclic) bond motifs is 6. The number of aromatic nitrogens is 4. The Kier molecular flexibility index (Phi) is 6.22. The van der Waals surface area contributed by atoms with Crippen molar-refractivity contribution < 1.29 is 5.11 Å². The van der Waals surface area contributed by atoms with Crippen LogP contribution in [0.1, 0.15) is 0 Å². The fourth-order valence-corrected chi connectivity index (χ4v) is 6.26. The van der Waals surface area contributed by atoms with Gasteiger partial charge in [-0.05, 0) is 54.6 Å². The Morgan fingerprint density at radius 1 is 0.298 bits per heavy atom. The monoisotopic (exact) mass is 602 g/mol. The average molecular weight is 603 g/mol. The van der Waals surface area contributed by atoms with Gasteiger partial charge in [-0.3, -0.25) is 0 Å². The Morgan fingerprint density at radius 2 is 0.638 bits per heavy atom. The smallest absolute Gasteiger partial charge is 0.115 e. The van der Waals surface area contributed by atoms with Gasteiger partial charge >= 0.3 is 0 Å². The molecule has 5 aromatic carbocycles. The third kappa shape index (κ3) is 4.82. The van der Waals surface area contributed by atoms with Gasteiger partial charge in [-0.1, -0.05) is 97.1 Å². The van der Waals surface area contributed by atoms with E-state index in [1.807, 2.05) is 36.4 Å². The average Bonchev–Trinajstić information content (AvgIpc) is 3.14. The van der Waals surface area contributed by atoms with E-state index >= 15 is 0 Å². The first-order valence-corrected chi connectivity index (χ1v) is 15.5. The largest absolute Gasteiger partial charge is 0.508 e. The minimum Gasteiger partial charge on any atom is -0.508 e. The lowest BCUT2D eigenvalue weighted by Gasteiger charge is -2.10. The number of rotatable bonds is 4. The summed E-state index contributed by atoms with van der Waals surface area (Å²) in [7, 11) is 0. The molecule has 0 bridgehead atoms. The topological polar surface area (TPSA) is 71.8 Å². The van der Waals surface area contributed by atoms with Crippen LogP contribution in [-0.4, -0.2) is 25.0 Å². The van der Waals surface area contributed by atoms with Crippen LogP contribution in [-0.2, 0) is 0 Å².